The fourth-order valence-corrected chi connectivity index (χ4v) is 4.70. The van der Waals surface area contributed by atoms with Gasteiger partial charge < -0.3 is 15.3 Å². The first-order valence-corrected chi connectivity index (χ1v) is 12.3. The summed E-state index contributed by atoms with van der Waals surface area (Å²) in [5.74, 6) is 1.08. The normalized spacial score (nSPS) is 15.1. The van der Waals surface area contributed by atoms with E-state index in [1.54, 1.807) is 24.6 Å². The van der Waals surface area contributed by atoms with Gasteiger partial charge in [0, 0.05) is 43.2 Å². The highest BCUT2D eigenvalue weighted by Crippen LogP contribution is 2.29. The molecule has 1 aliphatic heterocycles. The number of para-hydroxylation sites is 1. The van der Waals surface area contributed by atoms with Gasteiger partial charge in [-0.15, -0.1) is 11.3 Å². The van der Waals surface area contributed by atoms with Crippen molar-refractivity contribution in [3.05, 3.63) is 72.2 Å². The molecule has 3 aromatic heterocycles. The fraction of sp³-hybridized carbons (Fsp3) is 0.192. The molecule has 182 valence electrons. The average molecular weight is 500 g/mol. The van der Waals surface area contributed by atoms with Crippen LogP contribution in [0.15, 0.2) is 72.2 Å². The molecule has 1 amide bonds. The van der Waals surface area contributed by atoms with Crippen LogP contribution in [0, 0.1) is 0 Å². The van der Waals surface area contributed by atoms with E-state index in [0.717, 1.165) is 38.7 Å². The van der Waals surface area contributed by atoms with Crippen molar-refractivity contribution in [3.63, 3.8) is 0 Å². The predicted octanol–water partition coefficient (Wildman–Crippen LogP) is 4.11. The van der Waals surface area contributed by atoms with Gasteiger partial charge in [-0.2, -0.15) is 5.10 Å². The zero-order valence-corrected chi connectivity index (χ0v) is 20.7. The molecule has 0 spiro atoms. The molecule has 1 saturated heterocycles. The number of aliphatic hydroxyl groups is 1. The van der Waals surface area contributed by atoms with Gasteiger partial charge in [-0.25, -0.2) is 15.0 Å². The van der Waals surface area contributed by atoms with Gasteiger partial charge in [0.1, 0.15) is 16.8 Å². The summed E-state index contributed by atoms with van der Waals surface area (Å²) in [6.45, 7) is 0.694. The van der Waals surface area contributed by atoms with Crippen LogP contribution in [0.1, 0.15) is 6.42 Å². The maximum absolute atomic E-state index is 10.6. The van der Waals surface area contributed by atoms with Crippen molar-refractivity contribution in [3.8, 4) is 22.0 Å². The number of nitrogens with one attached hydrogen (secondary N) is 1. The fourth-order valence-electron chi connectivity index (χ4n) is 3.88. The van der Waals surface area contributed by atoms with Crippen LogP contribution < -0.4 is 5.32 Å². The molecular formula is C26H25N7O2S. The Kier molecular flexibility index (Phi) is 6.70. The number of amides is 1. The summed E-state index contributed by atoms with van der Waals surface area (Å²) in [7, 11) is 3.61. The van der Waals surface area contributed by atoms with Gasteiger partial charge in [0.2, 0.25) is 5.95 Å². The zero-order chi connectivity index (χ0) is 25.1. The lowest BCUT2D eigenvalue weighted by molar-refractivity contribution is -0.133. The standard InChI is InChI=1S/C21H16N6S.C5H9NO2/c1-27-18-10-6-5-9-15(18)19(26-27)25-21-22-12-11-16(24-21)17-13-28-20(23-17)14-7-3-2-4-8-14;1-6-3-2-4(7)5(6)8/h2-13H,1H3,(H,22,24,25,26);4,7H,2-3H2,1H3. The zero-order valence-electron chi connectivity index (χ0n) is 19.9. The van der Waals surface area contributed by atoms with E-state index in [1.165, 1.54) is 4.90 Å². The minimum absolute atomic E-state index is 0.148. The molecule has 1 atom stereocenters. The number of thiazole rings is 1. The van der Waals surface area contributed by atoms with Gasteiger partial charge in [-0.3, -0.25) is 9.48 Å². The Morgan fingerprint density at radius 3 is 2.50 bits per heavy atom. The van der Waals surface area contributed by atoms with E-state index in [1.807, 2.05) is 65.6 Å². The topological polar surface area (TPSA) is 109 Å². The molecule has 1 fully saturated rings. The first-order valence-electron chi connectivity index (χ1n) is 11.5. The van der Waals surface area contributed by atoms with Crippen LogP contribution in [0.2, 0.25) is 0 Å². The number of anilines is 2. The van der Waals surface area contributed by atoms with Crippen LogP contribution >= 0.6 is 11.3 Å². The molecule has 6 rings (SSSR count). The first-order chi connectivity index (χ1) is 17.5. The Balaban J connectivity index is 0.000000286. The van der Waals surface area contributed by atoms with Crippen LogP contribution in [0.3, 0.4) is 0 Å². The lowest BCUT2D eigenvalue weighted by Gasteiger charge is -2.04. The summed E-state index contributed by atoms with van der Waals surface area (Å²) in [6, 6.07) is 20.1. The first kappa shape index (κ1) is 23.6. The summed E-state index contributed by atoms with van der Waals surface area (Å²) in [5.41, 5.74) is 3.76. The second-order valence-corrected chi connectivity index (χ2v) is 9.21. The van der Waals surface area contributed by atoms with E-state index < -0.39 is 6.10 Å². The van der Waals surface area contributed by atoms with E-state index in [4.69, 9.17) is 10.1 Å². The summed E-state index contributed by atoms with van der Waals surface area (Å²) in [6.07, 6.45) is 1.60. The number of hydrogen-bond donors (Lipinski definition) is 2. The molecule has 4 heterocycles. The van der Waals surface area contributed by atoms with Gasteiger partial charge in [0.05, 0.1) is 11.2 Å². The number of benzene rings is 2. The smallest absolute Gasteiger partial charge is 0.251 e. The molecule has 2 N–H and O–H groups in total. The van der Waals surface area contributed by atoms with Crippen molar-refractivity contribution >= 4 is 39.9 Å². The molecule has 36 heavy (non-hydrogen) atoms. The van der Waals surface area contributed by atoms with Gasteiger partial charge in [0.15, 0.2) is 5.82 Å². The molecule has 10 heteroatoms. The third-order valence-corrected chi connectivity index (χ3v) is 6.72. The summed E-state index contributed by atoms with van der Waals surface area (Å²) < 4.78 is 1.84. The maximum Gasteiger partial charge on any atom is 0.251 e. The largest absolute Gasteiger partial charge is 0.383 e. The lowest BCUT2D eigenvalue weighted by Crippen LogP contribution is -2.24. The summed E-state index contributed by atoms with van der Waals surface area (Å²) in [5, 5.41) is 20.6. The van der Waals surface area contributed by atoms with Gasteiger partial charge in [-0.1, -0.05) is 42.5 Å². The second kappa shape index (κ2) is 10.2. The highest BCUT2D eigenvalue weighted by molar-refractivity contribution is 7.13. The van der Waals surface area contributed by atoms with Crippen molar-refractivity contribution in [1.82, 2.24) is 29.6 Å². The number of carbonyl (C=O) groups excluding carboxylic acids is 1. The predicted molar refractivity (Wildman–Crippen MR) is 141 cm³/mol. The van der Waals surface area contributed by atoms with E-state index in [2.05, 4.69) is 32.5 Å². The van der Waals surface area contributed by atoms with Crippen molar-refractivity contribution in [2.75, 3.05) is 18.9 Å². The SMILES string of the molecule is CN1CCC(O)C1=O.Cn1nc(Nc2nccc(-c3csc(-c4ccccc4)n3)n2)c2ccccc21. The molecule has 2 aromatic carbocycles. The molecule has 5 aromatic rings. The molecule has 1 unspecified atom stereocenters. The molecule has 0 bridgehead atoms. The van der Waals surface area contributed by atoms with Crippen LogP contribution in [0.5, 0.6) is 0 Å². The molecular weight excluding hydrogens is 474 g/mol. The Morgan fingerprint density at radius 2 is 1.78 bits per heavy atom. The molecule has 1 aliphatic rings. The highest BCUT2D eigenvalue weighted by Gasteiger charge is 2.26. The second-order valence-electron chi connectivity index (χ2n) is 8.35. The number of fused-ring (bicyclic) bond motifs is 1. The minimum Gasteiger partial charge on any atom is -0.383 e. The van der Waals surface area contributed by atoms with Crippen molar-refractivity contribution in [1.29, 1.82) is 0 Å². The summed E-state index contributed by atoms with van der Waals surface area (Å²) in [4.78, 5) is 25.8. The molecule has 9 nitrogen and oxygen atoms in total. The highest BCUT2D eigenvalue weighted by atomic mass is 32.1. The Labute approximate surface area is 212 Å². The number of aliphatic hydroxyl groups excluding tert-OH is 1. The van der Waals surface area contributed by atoms with E-state index in [9.17, 15) is 4.79 Å². The van der Waals surface area contributed by atoms with Gasteiger partial charge in [-0.05, 0) is 24.6 Å². The third-order valence-electron chi connectivity index (χ3n) is 5.83. The number of rotatable bonds is 4. The van der Waals surface area contributed by atoms with Crippen LogP contribution in [0.25, 0.3) is 32.9 Å². The van der Waals surface area contributed by atoms with E-state index >= 15 is 0 Å². The summed E-state index contributed by atoms with van der Waals surface area (Å²) >= 11 is 1.60. The van der Waals surface area contributed by atoms with Crippen molar-refractivity contribution < 1.29 is 9.90 Å². The lowest BCUT2D eigenvalue weighted by atomic mass is 10.2. The average Bonchev–Trinajstić information content (AvgIpc) is 3.61. The number of aryl methyl sites for hydroxylation is 1. The Hall–Kier alpha value is -4.15. The number of aromatic nitrogens is 5. The van der Waals surface area contributed by atoms with Crippen LogP contribution in [-0.2, 0) is 11.8 Å². The van der Waals surface area contributed by atoms with Crippen molar-refractivity contribution in [2.24, 2.45) is 7.05 Å². The number of hydrogen-bond acceptors (Lipinski definition) is 8. The Morgan fingerprint density at radius 1 is 1.00 bits per heavy atom. The van der Waals surface area contributed by atoms with Gasteiger partial charge in [0.25, 0.3) is 5.91 Å². The molecule has 0 saturated carbocycles. The van der Waals surface area contributed by atoms with Crippen LogP contribution in [0.4, 0.5) is 11.8 Å². The number of likely N-dealkylation sites (tertiary alicyclic amines) is 1. The number of carbonyl (C=O) groups is 1. The quantitative estimate of drug-likeness (QED) is 0.383. The van der Waals surface area contributed by atoms with E-state index in [-0.39, 0.29) is 5.91 Å². The molecule has 0 aliphatic carbocycles. The molecule has 0 radical (unpaired) electrons. The maximum atomic E-state index is 10.6. The number of likely N-dealkylation sites (N-methyl/N-ethyl adjacent to an activating group) is 1. The minimum atomic E-state index is -0.722. The monoisotopic (exact) mass is 499 g/mol. The Bertz CT molecular complexity index is 1490. The van der Waals surface area contributed by atoms with Crippen molar-refractivity contribution in [2.45, 2.75) is 12.5 Å². The number of nitrogens with zero attached hydrogens (tertiary/aromatic N) is 6. The van der Waals surface area contributed by atoms with Crippen LogP contribution in [-0.4, -0.2) is 60.3 Å². The third kappa shape index (κ3) is 4.95. The van der Waals surface area contributed by atoms with Gasteiger partial charge >= 0.3 is 0 Å². The van der Waals surface area contributed by atoms with E-state index in [0.29, 0.717) is 18.9 Å².